The molecular weight excluding hydrogens is 638 g/mol. The van der Waals surface area contributed by atoms with Crippen LogP contribution in [0.3, 0.4) is 0 Å². The average molecular weight is 692 g/mol. The van der Waals surface area contributed by atoms with Crippen LogP contribution in [0.25, 0.3) is 0 Å². The van der Waals surface area contributed by atoms with Crippen molar-refractivity contribution in [2.45, 2.75) is 129 Å². The molecule has 1 unspecified atom stereocenters. The average Bonchev–Trinajstić information content (AvgIpc) is 3.79. The molecule has 1 saturated heterocycles. The Kier molecular flexibility index (Phi) is 13.1. The van der Waals surface area contributed by atoms with Crippen LogP contribution in [0.4, 0.5) is 0 Å². The first-order chi connectivity index (χ1) is 23.7. The monoisotopic (exact) mass is 691 g/mol. The summed E-state index contributed by atoms with van der Waals surface area (Å²) in [6.07, 6.45) is 16.4. The summed E-state index contributed by atoms with van der Waals surface area (Å²) in [6.45, 7) is 9.72. The van der Waals surface area contributed by atoms with Crippen molar-refractivity contribution >= 4 is 35.3 Å². The topological polar surface area (TPSA) is 180 Å². The zero-order chi connectivity index (χ0) is 36.6. The van der Waals surface area contributed by atoms with Crippen molar-refractivity contribution in [2.24, 2.45) is 23.2 Å². The molecule has 3 fully saturated rings. The number of hydrogen-bond acceptors (Lipinski definition) is 8. The van der Waals surface area contributed by atoms with Gasteiger partial charge in [0.1, 0.15) is 23.8 Å². The van der Waals surface area contributed by atoms with Crippen LogP contribution in [0.1, 0.15) is 109 Å². The number of hydrogen-bond donors (Lipinski definition) is 4. The standard InChI is InChI=1S/C37H53N7O6/c1-7-8-14-26(30(45)35(49)40-24-15-16-24)41-34(48)29-25(22(2)3)17-20-44(29)36(50)31(37(4,5)6)43-33(47)28(23-12-10-9-11-13-23)42-32(46)27-21-38-18-19-39-27/h1,18-19,21-26,28-29,31H,8-17,20H2,2-6H3,(H,40,49)(H,41,48)(H,42,46)(H,43,47)/t25-,26?,28+,29+,31-/m1/s1. The molecule has 1 aromatic heterocycles. The van der Waals surface area contributed by atoms with Crippen molar-refractivity contribution in [2.75, 3.05) is 6.54 Å². The molecule has 2 heterocycles. The van der Waals surface area contributed by atoms with E-state index in [4.69, 9.17) is 6.42 Å². The van der Waals surface area contributed by atoms with E-state index in [1.165, 1.54) is 23.5 Å². The first-order valence-corrected chi connectivity index (χ1v) is 18.0. The summed E-state index contributed by atoms with van der Waals surface area (Å²) < 4.78 is 0. The second kappa shape index (κ2) is 17.1. The SMILES string of the molecule is C#CCCC(NC(=O)[C@@H]1[C@@H](C(C)C)CCN1C(=O)[C@@H](NC(=O)[C@@H](NC(=O)c1cnccn1)C1CCCCC1)C(C)(C)C)C(=O)C(=O)NC1CC1. The van der Waals surface area contributed by atoms with E-state index in [2.05, 4.69) is 37.2 Å². The Morgan fingerprint density at radius 3 is 2.24 bits per heavy atom. The summed E-state index contributed by atoms with van der Waals surface area (Å²) in [7, 11) is 0. The Morgan fingerprint density at radius 1 is 0.960 bits per heavy atom. The minimum atomic E-state index is -1.14. The summed E-state index contributed by atoms with van der Waals surface area (Å²) >= 11 is 0. The lowest BCUT2D eigenvalue weighted by molar-refractivity contribution is -0.146. The summed E-state index contributed by atoms with van der Waals surface area (Å²) in [5, 5.41) is 11.3. The van der Waals surface area contributed by atoms with Gasteiger partial charge in [0.15, 0.2) is 0 Å². The molecule has 5 amide bonds. The highest BCUT2D eigenvalue weighted by atomic mass is 16.2. The van der Waals surface area contributed by atoms with E-state index in [9.17, 15) is 28.8 Å². The van der Waals surface area contributed by atoms with Crippen molar-refractivity contribution in [3.8, 4) is 12.3 Å². The van der Waals surface area contributed by atoms with Crippen LogP contribution in [0.5, 0.6) is 0 Å². The maximum atomic E-state index is 14.5. The molecule has 5 atom stereocenters. The number of amides is 5. The number of ketones is 1. The van der Waals surface area contributed by atoms with Gasteiger partial charge in [0.25, 0.3) is 11.8 Å². The molecular formula is C37H53N7O6. The maximum absolute atomic E-state index is 14.5. The highest BCUT2D eigenvalue weighted by Crippen LogP contribution is 2.34. The van der Waals surface area contributed by atoms with E-state index < -0.39 is 64.9 Å². The second-order valence-electron chi connectivity index (χ2n) is 15.3. The molecule has 0 radical (unpaired) electrons. The number of carbonyl (C=O) groups excluding carboxylic acids is 6. The highest BCUT2D eigenvalue weighted by Gasteiger charge is 2.48. The Labute approximate surface area is 295 Å². The van der Waals surface area contributed by atoms with Gasteiger partial charge < -0.3 is 26.2 Å². The lowest BCUT2D eigenvalue weighted by Gasteiger charge is -2.38. The molecule has 2 saturated carbocycles. The van der Waals surface area contributed by atoms with Crippen molar-refractivity contribution in [1.29, 1.82) is 0 Å². The number of terminal acetylenes is 1. The van der Waals surface area contributed by atoms with Gasteiger partial charge in [0.2, 0.25) is 23.5 Å². The van der Waals surface area contributed by atoms with Crippen molar-refractivity contribution in [1.82, 2.24) is 36.1 Å². The smallest absolute Gasteiger partial charge is 0.289 e. The molecule has 2 aliphatic carbocycles. The number of Topliss-reactive ketones (excluding diaryl/α,β-unsaturated/α-hetero) is 1. The van der Waals surface area contributed by atoms with Gasteiger partial charge in [-0.05, 0) is 61.7 Å². The molecule has 3 aliphatic rings. The molecule has 13 nitrogen and oxygen atoms in total. The maximum Gasteiger partial charge on any atom is 0.289 e. The number of carbonyl (C=O) groups is 6. The van der Waals surface area contributed by atoms with Gasteiger partial charge in [-0.1, -0.05) is 53.9 Å². The van der Waals surface area contributed by atoms with Crippen molar-refractivity contribution in [3.05, 3.63) is 24.3 Å². The molecule has 1 aromatic rings. The summed E-state index contributed by atoms with van der Waals surface area (Å²) in [6, 6.07) is -4.07. The zero-order valence-electron chi connectivity index (χ0n) is 30.0. The minimum Gasteiger partial charge on any atom is -0.347 e. The zero-order valence-corrected chi connectivity index (χ0v) is 30.0. The third-order valence-corrected chi connectivity index (χ3v) is 10.1. The predicted molar refractivity (Wildman–Crippen MR) is 186 cm³/mol. The van der Waals surface area contributed by atoms with Crippen LogP contribution in [0.15, 0.2) is 18.6 Å². The Hall–Kier alpha value is -4.34. The number of nitrogens with zero attached hydrogens (tertiary/aromatic N) is 3. The van der Waals surface area contributed by atoms with Crippen LogP contribution >= 0.6 is 0 Å². The van der Waals surface area contributed by atoms with Crippen molar-refractivity contribution < 1.29 is 28.8 Å². The summed E-state index contributed by atoms with van der Waals surface area (Å²) in [4.78, 5) is 91.3. The minimum absolute atomic E-state index is 0.0104. The fourth-order valence-electron chi connectivity index (χ4n) is 7.04. The number of rotatable bonds is 14. The third kappa shape index (κ3) is 9.88. The molecule has 0 aromatic carbocycles. The third-order valence-electron chi connectivity index (χ3n) is 10.1. The number of nitrogens with one attached hydrogen (secondary N) is 4. The first-order valence-electron chi connectivity index (χ1n) is 18.0. The van der Waals surface area contributed by atoms with Gasteiger partial charge in [0.05, 0.1) is 12.2 Å². The van der Waals surface area contributed by atoms with E-state index in [-0.39, 0.29) is 48.9 Å². The highest BCUT2D eigenvalue weighted by molar-refractivity contribution is 6.38. The normalized spacial score (nSPS) is 21.3. The van der Waals surface area contributed by atoms with E-state index in [0.29, 0.717) is 6.42 Å². The van der Waals surface area contributed by atoms with Gasteiger partial charge >= 0.3 is 0 Å². The van der Waals surface area contributed by atoms with Gasteiger partial charge in [-0.25, -0.2) is 4.98 Å². The fraction of sp³-hybridized carbons (Fsp3) is 0.676. The summed E-state index contributed by atoms with van der Waals surface area (Å²) in [5.41, 5.74) is -0.693. The Balaban J connectivity index is 1.57. The van der Waals surface area contributed by atoms with Crippen LogP contribution in [-0.4, -0.2) is 86.9 Å². The quantitative estimate of drug-likeness (QED) is 0.170. The number of aromatic nitrogens is 2. The molecule has 50 heavy (non-hydrogen) atoms. The van der Waals surface area contributed by atoms with E-state index in [0.717, 1.165) is 44.9 Å². The van der Waals surface area contributed by atoms with Crippen LogP contribution in [0.2, 0.25) is 0 Å². The lowest BCUT2D eigenvalue weighted by Crippen LogP contribution is -2.62. The van der Waals surface area contributed by atoms with Crippen molar-refractivity contribution in [3.63, 3.8) is 0 Å². The lowest BCUT2D eigenvalue weighted by atomic mass is 9.82. The first kappa shape index (κ1) is 38.5. The van der Waals surface area contributed by atoms with Gasteiger partial charge in [-0.2, -0.15) is 0 Å². The van der Waals surface area contributed by atoms with E-state index in [1.54, 1.807) is 0 Å². The molecule has 0 bridgehead atoms. The molecule has 0 spiro atoms. The van der Waals surface area contributed by atoms with Gasteiger partial charge in [0, 0.05) is 31.4 Å². The molecule has 4 rings (SSSR count). The van der Waals surface area contributed by atoms with Gasteiger partial charge in [-0.15, -0.1) is 12.3 Å². The van der Waals surface area contributed by atoms with Crippen LogP contribution < -0.4 is 21.3 Å². The van der Waals surface area contributed by atoms with E-state index in [1.807, 2.05) is 34.6 Å². The Bertz CT molecular complexity index is 1440. The Morgan fingerprint density at radius 2 is 1.66 bits per heavy atom. The van der Waals surface area contributed by atoms with E-state index >= 15 is 0 Å². The van der Waals surface area contributed by atoms with Crippen LogP contribution in [0, 0.1) is 35.5 Å². The fourth-order valence-corrected chi connectivity index (χ4v) is 7.04. The van der Waals surface area contributed by atoms with Crippen LogP contribution in [-0.2, 0) is 24.0 Å². The predicted octanol–water partition coefficient (Wildman–Crippen LogP) is 2.31. The molecule has 13 heteroatoms. The number of likely N-dealkylation sites (tertiary alicyclic amines) is 1. The van der Waals surface area contributed by atoms with Gasteiger partial charge in [-0.3, -0.25) is 33.8 Å². The molecule has 272 valence electrons. The second-order valence-corrected chi connectivity index (χ2v) is 15.3. The summed E-state index contributed by atoms with van der Waals surface area (Å²) in [5.74, 6) is -1.40. The molecule has 4 N–H and O–H groups in total. The molecule has 1 aliphatic heterocycles. The largest absolute Gasteiger partial charge is 0.347 e.